The number of benzene rings is 1. The number of nitrogens with zero attached hydrogens (tertiary/aromatic N) is 2. The second-order valence-electron chi connectivity index (χ2n) is 8.18. The molecule has 1 heterocycles. The zero-order valence-electron chi connectivity index (χ0n) is 16.8. The molecule has 150 valence electrons. The zero-order chi connectivity index (χ0) is 20.1. The molecule has 1 aromatic heterocycles. The third-order valence-electron chi connectivity index (χ3n) is 4.75. The molecule has 1 aliphatic carbocycles. The minimum absolute atomic E-state index is 0.0679. The first-order valence-corrected chi connectivity index (χ1v) is 10.8. The second kappa shape index (κ2) is 8.86. The van der Waals surface area contributed by atoms with Crippen LogP contribution < -0.4 is 4.90 Å². The smallest absolute Gasteiger partial charge is 0.308 e. The molecule has 1 aliphatic rings. The highest BCUT2D eigenvalue weighted by molar-refractivity contribution is 7.14. The number of anilines is 1. The van der Waals surface area contributed by atoms with Crippen molar-refractivity contribution >= 4 is 28.2 Å². The number of ketones is 1. The van der Waals surface area contributed by atoms with Gasteiger partial charge in [0, 0.05) is 23.5 Å². The zero-order valence-corrected chi connectivity index (χ0v) is 17.6. The van der Waals surface area contributed by atoms with Crippen molar-refractivity contribution in [3.8, 4) is 0 Å². The fraction of sp³-hybridized carbons (Fsp3) is 0.500. The Kier molecular flexibility index (Phi) is 6.50. The molecule has 0 spiro atoms. The molecule has 1 saturated carbocycles. The Morgan fingerprint density at radius 2 is 1.86 bits per heavy atom. The van der Waals surface area contributed by atoms with Gasteiger partial charge >= 0.3 is 5.97 Å². The summed E-state index contributed by atoms with van der Waals surface area (Å²) in [6.07, 6.45) is 4.88. The van der Waals surface area contributed by atoms with Crippen LogP contribution in [0, 0.1) is 0 Å². The highest BCUT2D eigenvalue weighted by atomic mass is 32.1. The highest BCUT2D eigenvalue weighted by Gasteiger charge is 2.27. The summed E-state index contributed by atoms with van der Waals surface area (Å²) in [5, 5.41) is 2.63. The van der Waals surface area contributed by atoms with Crippen LogP contribution in [0.5, 0.6) is 0 Å². The maximum absolute atomic E-state index is 12.7. The summed E-state index contributed by atoms with van der Waals surface area (Å²) in [5.74, 6) is -0.269. The molecule has 0 N–H and O–H groups in total. The molecule has 2 aromatic rings. The van der Waals surface area contributed by atoms with Crippen LogP contribution in [0.4, 0.5) is 5.13 Å². The van der Waals surface area contributed by atoms with E-state index in [1.165, 1.54) is 24.2 Å². The van der Waals surface area contributed by atoms with E-state index in [0.717, 1.165) is 18.0 Å². The summed E-state index contributed by atoms with van der Waals surface area (Å²) >= 11 is 1.47. The monoisotopic (exact) mass is 400 g/mol. The molecule has 0 amide bonds. The van der Waals surface area contributed by atoms with E-state index in [9.17, 15) is 9.59 Å². The molecule has 0 unspecified atom stereocenters. The SMILES string of the molecule is CC(C)(C)OC(=O)CCN(c1nc(C(=O)c2ccccc2)cs1)C1CCCC1. The summed E-state index contributed by atoms with van der Waals surface area (Å²) in [6.45, 7) is 6.19. The number of hydrogen-bond donors (Lipinski definition) is 0. The number of thiazole rings is 1. The predicted molar refractivity (Wildman–Crippen MR) is 112 cm³/mol. The maximum atomic E-state index is 12.7. The van der Waals surface area contributed by atoms with Crippen molar-refractivity contribution in [1.29, 1.82) is 0 Å². The van der Waals surface area contributed by atoms with Crippen LogP contribution in [0.1, 0.15) is 68.9 Å². The van der Waals surface area contributed by atoms with E-state index < -0.39 is 5.60 Å². The molecule has 0 radical (unpaired) electrons. The largest absolute Gasteiger partial charge is 0.460 e. The summed E-state index contributed by atoms with van der Waals surface area (Å²) in [4.78, 5) is 31.7. The number of rotatable bonds is 7. The first-order valence-electron chi connectivity index (χ1n) is 9.87. The lowest BCUT2D eigenvalue weighted by Gasteiger charge is -2.29. The van der Waals surface area contributed by atoms with Crippen LogP contribution in [0.2, 0.25) is 0 Å². The minimum atomic E-state index is -0.480. The number of aromatic nitrogens is 1. The third kappa shape index (κ3) is 5.41. The molecule has 0 saturated heterocycles. The van der Waals surface area contributed by atoms with E-state index in [0.29, 0.717) is 30.3 Å². The standard InChI is InChI=1S/C22H28N2O3S/c1-22(2,3)27-19(25)13-14-24(17-11-7-8-12-17)21-23-18(15-28-21)20(26)16-9-5-4-6-10-16/h4-6,9-10,15,17H,7-8,11-14H2,1-3H3. The second-order valence-corrected chi connectivity index (χ2v) is 9.02. The summed E-state index contributed by atoms with van der Waals surface area (Å²) in [7, 11) is 0. The number of hydrogen-bond acceptors (Lipinski definition) is 6. The summed E-state index contributed by atoms with van der Waals surface area (Å²) in [6, 6.07) is 9.57. The fourth-order valence-corrected chi connectivity index (χ4v) is 4.40. The lowest BCUT2D eigenvalue weighted by atomic mass is 10.1. The molecule has 1 aromatic carbocycles. The molecule has 0 bridgehead atoms. The lowest BCUT2D eigenvalue weighted by Crippen LogP contribution is -2.36. The summed E-state index contributed by atoms with van der Waals surface area (Å²) in [5.41, 5.74) is 0.623. The van der Waals surface area contributed by atoms with E-state index in [4.69, 9.17) is 4.74 Å². The molecule has 0 atom stereocenters. The molecule has 28 heavy (non-hydrogen) atoms. The van der Waals surface area contributed by atoms with Crippen LogP contribution >= 0.6 is 11.3 Å². The molecule has 0 aliphatic heterocycles. The van der Waals surface area contributed by atoms with Gasteiger partial charge in [-0.05, 0) is 33.6 Å². The van der Waals surface area contributed by atoms with E-state index in [2.05, 4.69) is 9.88 Å². The van der Waals surface area contributed by atoms with E-state index in [1.807, 2.05) is 44.4 Å². The van der Waals surface area contributed by atoms with Crippen molar-refractivity contribution in [1.82, 2.24) is 4.98 Å². The summed E-state index contributed by atoms with van der Waals surface area (Å²) < 4.78 is 5.45. The Hall–Kier alpha value is -2.21. The topological polar surface area (TPSA) is 59.5 Å². The Labute approximate surface area is 170 Å². The minimum Gasteiger partial charge on any atom is -0.460 e. The van der Waals surface area contributed by atoms with Gasteiger partial charge in [-0.15, -0.1) is 11.3 Å². The van der Waals surface area contributed by atoms with Gasteiger partial charge in [0.25, 0.3) is 0 Å². The average molecular weight is 401 g/mol. The maximum Gasteiger partial charge on any atom is 0.308 e. The molecular weight excluding hydrogens is 372 g/mol. The quantitative estimate of drug-likeness (QED) is 0.491. The number of ether oxygens (including phenoxy) is 1. The van der Waals surface area contributed by atoms with Crippen LogP contribution in [0.15, 0.2) is 35.7 Å². The van der Waals surface area contributed by atoms with Crippen molar-refractivity contribution in [3.63, 3.8) is 0 Å². The Morgan fingerprint density at radius 1 is 1.18 bits per heavy atom. The Morgan fingerprint density at radius 3 is 2.50 bits per heavy atom. The molecule has 5 nitrogen and oxygen atoms in total. The van der Waals surface area contributed by atoms with Crippen molar-refractivity contribution in [2.45, 2.75) is 64.5 Å². The van der Waals surface area contributed by atoms with Gasteiger partial charge in [-0.2, -0.15) is 0 Å². The van der Waals surface area contributed by atoms with Gasteiger partial charge in [-0.1, -0.05) is 43.2 Å². The van der Waals surface area contributed by atoms with E-state index in [1.54, 1.807) is 12.1 Å². The van der Waals surface area contributed by atoms with Crippen LogP contribution in [-0.2, 0) is 9.53 Å². The molecular formula is C22H28N2O3S. The average Bonchev–Trinajstić information content (AvgIpc) is 3.33. The van der Waals surface area contributed by atoms with E-state index >= 15 is 0 Å². The normalized spacial score (nSPS) is 14.8. The van der Waals surface area contributed by atoms with Crippen LogP contribution in [-0.4, -0.2) is 34.9 Å². The Bertz CT molecular complexity index is 805. The van der Waals surface area contributed by atoms with Gasteiger partial charge < -0.3 is 9.64 Å². The van der Waals surface area contributed by atoms with Crippen LogP contribution in [0.25, 0.3) is 0 Å². The van der Waals surface area contributed by atoms with Crippen molar-refractivity contribution in [2.75, 3.05) is 11.4 Å². The lowest BCUT2D eigenvalue weighted by molar-refractivity contribution is -0.154. The first kappa shape index (κ1) is 20.5. The number of carbonyl (C=O) groups excluding carboxylic acids is 2. The van der Waals surface area contributed by atoms with Crippen molar-refractivity contribution < 1.29 is 14.3 Å². The van der Waals surface area contributed by atoms with Crippen molar-refractivity contribution in [2.24, 2.45) is 0 Å². The van der Waals surface area contributed by atoms with Crippen LogP contribution in [0.3, 0.4) is 0 Å². The van der Waals surface area contributed by atoms with Gasteiger partial charge in [-0.25, -0.2) is 4.98 Å². The van der Waals surface area contributed by atoms with Crippen molar-refractivity contribution in [3.05, 3.63) is 47.0 Å². The van der Waals surface area contributed by atoms with E-state index in [-0.39, 0.29) is 11.8 Å². The molecule has 6 heteroatoms. The highest BCUT2D eigenvalue weighted by Crippen LogP contribution is 2.31. The Balaban J connectivity index is 1.73. The van der Waals surface area contributed by atoms with Gasteiger partial charge in [0.15, 0.2) is 5.13 Å². The molecule has 3 rings (SSSR count). The van der Waals surface area contributed by atoms with Gasteiger partial charge in [0.05, 0.1) is 6.42 Å². The van der Waals surface area contributed by atoms with Gasteiger partial charge in [0.1, 0.15) is 11.3 Å². The number of carbonyl (C=O) groups is 2. The number of esters is 1. The first-order chi connectivity index (χ1) is 13.3. The third-order valence-corrected chi connectivity index (χ3v) is 5.63. The fourth-order valence-electron chi connectivity index (χ4n) is 3.49. The van der Waals surface area contributed by atoms with Gasteiger partial charge in [-0.3, -0.25) is 9.59 Å². The molecule has 1 fully saturated rings. The van der Waals surface area contributed by atoms with Gasteiger partial charge in [0.2, 0.25) is 5.78 Å². The predicted octanol–water partition coefficient (Wildman–Crippen LogP) is 4.85.